The van der Waals surface area contributed by atoms with Crippen LogP contribution in [0.5, 0.6) is 0 Å². The Labute approximate surface area is 98.7 Å². The summed E-state index contributed by atoms with van der Waals surface area (Å²) in [6, 6.07) is 3.39. The van der Waals surface area contributed by atoms with Crippen LogP contribution in [0.3, 0.4) is 0 Å². The molecule has 0 atom stereocenters. The molecule has 0 radical (unpaired) electrons. The number of hydrogen-bond acceptors (Lipinski definition) is 7. The fraction of sp³-hybridized carbons (Fsp3) is 0.111. The van der Waals surface area contributed by atoms with Gasteiger partial charge in [-0.3, -0.25) is 4.57 Å². The Hall–Kier alpha value is -2.22. The van der Waals surface area contributed by atoms with Gasteiger partial charge in [0.25, 0.3) is 0 Å². The highest BCUT2D eigenvalue weighted by molar-refractivity contribution is 7.09. The predicted molar refractivity (Wildman–Crippen MR) is 61.7 cm³/mol. The molecule has 0 aromatic carbocycles. The summed E-state index contributed by atoms with van der Waals surface area (Å²) in [7, 11) is 0. The van der Waals surface area contributed by atoms with Gasteiger partial charge < -0.3 is 10.2 Å². The molecule has 3 heterocycles. The van der Waals surface area contributed by atoms with Gasteiger partial charge in [-0.15, -0.1) is 5.10 Å². The molecule has 0 fully saturated rings. The number of nitrogens with two attached hydrogens (primary N) is 1. The first kappa shape index (κ1) is 9.97. The summed E-state index contributed by atoms with van der Waals surface area (Å²) in [5.74, 6) is -0.480. The average molecular weight is 249 g/mol. The van der Waals surface area contributed by atoms with Gasteiger partial charge in [0.2, 0.25) is 0 Å². The second kappa shape index (κ2) is 3.67. The van der Waals surface area contributed by atoms with E-state index in [0.29, 0.717) is 21.9 Å². The molecule has 2 N–H and O–H groups in total. The summed E-state index contributed by atoms with van der Waals surface area (Å²) in [6.07, 6.45) is 1.59. The lowest BCUT2D eigenvalue weighted by molar-refractivity contribution is 0.516. The molecular formula is C9H7N5O2S. The van der Waals surface area contributed by atoms with Gasteiger partial charge in [-0.1, -0.05) is 4.49 Å². The largest absolute Gasteiger partial charge is 0.421 e. The fourth-order valence-corrected chi connectivity index (χ4v) is 1.95. The van der Waals surface area contributed by atoms with Crippen LogP contribution >= 0.6 is 11.5 Å². The molecule has 7 nitrogen and oxygen atoms in total. The van der Waals surface area contributed by atoms with Crippen molar-refractivity contribution in [1.29, 1.82) is 0 Å². The van der Waals surface area contributed by atoms with Gasteiger partial charge >= 0.3 is 5.76 Å². The minimum Gasteiger partial charge on any atom is -0.406 e. The van der Waals surface area contributed by atoms with Gasteiger partial charge in [0.15, 0.2) is 11.2 Å². The molecule has 3 aromatic rings. The smallest absolute Gasteiger partial charge is 0.406 e. The quantitative estimate of drug-likeness (QED) is 0.708. The van der Waals surface area contributed by atoms with Crippen LogP contribution in [-0.4, -0.2) is 19.1 Å². The lowest BCUT2D eigenvalue weighted by Crippen LogP contribution is -2.16. The van der Waals surface area contributed by atoms with E-state index in [1.54, 1.807) is 18.3 Å². The molecule has 17 heavy (non-hydrogen) atoms. The third-order valence-electron chi connectivity index (χ3n) is 2.32. The van der Waals surface area contributed by atoms with Crippen molar-refractivity contribution in [3.8, 4) is 0 Å². The van der Waals surface area contributed by atoms with E-state index in [1.807, 2.05) is 0 Å². The number of oxazole rings is 1. The molecule has 0 aliphatic heterocycles. The van der Waals surface area contributed by atoms with Crippen molar-refractivity contribution < 1.29 is 4.42 Å². The maximum atomic E-state index is 11.6. The minimum absolute atomic E-state index is 0.213. The van der Waals surface area contributed by atoms with Gasteiger partial charge in [0.05, 0.1) is 6.54 Å². The summed E-state index contributed by atoms with van der Waals surface area (Å²) < 4.78 is 10.1. The standard InChI is InChI=1S/C9H7N5O2S/c10-7-5(12-13-17-7)4-14-8-6(16-9(14)15)2-1-3-11-8/h1-3H,4,10H2. The molecule has 8 heteroatoms. The van der Waals surface area contributed by atoms with Crippen molar-refractivity contribution in [2.45, 2.75) is 6.54 Å². The zero-order valence-corrected chi connectivity index (χ0v) is 9.35. The molecule has 0 spiro atoms. The van der Waals surface area contributed by atoms with E-state index in [9.17, 15) is 4.79 Å². The monoisotopic (exact) mass is 249 g/mol. The van der Waals surface area contributed by atoms with Gasteiger partial charge in [0, 0.05) is 17.7 Å². The van der Waals surface area contributed by atoms with Crippen molar-refractivity contribution in [2.75, 3.05) is 5.73 Å². The van der Waals surface area contributed by atoms with Crippen molar-refractivity contribution in [1.82, 2.24) is 19.1 Å². The van der Waals surface area contributed by atoms with E-state index in [1.165, 1.54) is 4.57 Å². The summed E-state index contributed by atoms with van der Waals surface area (Å²) >= 11 is 1.09. The zero-order chi connectivity index (χ0) is 11.8. The molecule has 3 aromatic heterocycles. The van der Waals surface area contributed by atoms with Crippen molar-refractivity contribution >= 4 is 27.8 Å². The summed E-state index contributed by atoms with van der Waals surface area (Å²) in [4.78, 5) is 15.7. The van der Waals surface area contributed by atoms with Crippen molar-refractivity contribution in [2.24, 2.45) is 0 Å². The van der Waals surface area contributed by atoms with Crippen LogP contribution in [0.1, 0.15) is 5.69 Å². The number of fused-ring (bicyclic) bond motifs is 1. The van der Waals surface area contributed by atoms with E-state index >= 15 is 0 Å². The number of nitrogen functional groups attached to an aromatic ring is 1. The second-order valence-electron chi connectivity index (χ2n) is 3.36. The maximum Gasteiger partial charge on any atom is 0.421 e. The Morgan fingerprint density at radius 3 is 3.18 bits per heavy atom. The van der Waals surface area contributed by atoms with Crippen LogP contribution in [0.4, 0.5) is 5.00 Å². The van der Waals surface area contributed by atoms with Crippen molar-refractivity contribution in [3.05, 3.63) is 34.6 Å². The Morgan fingerprint density at radius 1 is 1.53 bits per heavy atom. The highest BCUT2D eigenvalue weighted by Gasteiger charge is 2.13. The molecule has 86 valence electrons. The first-order chi connectivity index (χ1) is 8.25. The summed E-state index contributed by atoms with van der Waals surface area (Å²) in [5, 5.41) is 4.34. The number of rotatable bonds is 2. The molecule has 0 bridgehead atoms. The van der Waals surface area contributed by atoms with Gasteiger partial charge in [-0.2, -0.15) is 0 Å². The number of pyridine rings is 1. The first-order valence-corrected chi connectivity index (χ1v) is 5.54. The molecule has 0 aliphatic carbocycles. The Bertz CT molecular complexity index is 728. The van der Waals surface area contributed by atoms with Crippen LogP contribution in [0, 0.1) is 0 Å². The SMILES string of the molecule is Nc1snnc1Cn1c(=O)oc2cccnc21. The minimum atomic E-state index is -0.480. The Balaban J connectivity index is 2.15. The molecule has 0 unspecified atom stereocenters. The van der Waals surface area contributed by atoms with Gasteiger partial charge in [0.1, 0.15) is 10.7 Å². The molecule has 0 amide bonds. The second-order valence-corrected chi connectivity index (χ2v) is 4.15. The molecule has 0 aliphatic rings. The number of hydrogen-bond donors (Lipinski definition) is 1. The Morgan fingerprint density at radius 2 is 2.41 bits per heavy atom. The summed E-state index contributed by atoms with van der Waals surface area (Å²) in [6.45, 7) is 0.213. The fourth-order valence-electron chi connectivity index (χ4n) is 1.51. The lowest BCUT2D eigenvalue weighted by Gasteiger charge is -1.97. The van der Waals surface area contributed by atoms with Crippen LogP contribution in [0.25, 0.3) is 11.2 Å². The molecule has 3 rings (SSSR count). The van der Waals surface area contributed by atoms with Crippen molar-refractivity contribution in [3.63, 3.8) is 0 Å². The normalized spacial score (nSPS) is 11.1. The highest BCUT2D eigenvalue weighted by Crippen LogP contribution is 2.15. The van der Waals surface area contributed by atoms with E-state index < -0.39 is 5.76 Å². The van der Waals surface area contributed by atoms with Crippen LogP contribution in [0.15, 0.2) is 27.5 Å². The van der Waals surface area contributed by atoms with Crippen LogP contribution in [0.2, 0.25) is 0 Å². The predicted octanol–water partition coefficient (Wildman–Crippen LogP) is 0.472. The van der Waals surface area contributed by atoms with E-state index in [2.05, 4.69) is 14.6 Å². The number of nitrogens with zero attached hydrogens (tertiary/aromatic N) is 4. The van der Waals surface area contributed by atoms with E-state index in [0.717, 1.165) is 11.5 Å². The zero-order valence-electron chi connectivity index (χ0n) is 8.53. The van der Waals surface area contributed by atoms with E-state index in [4.69, 9.17) is 10.2 Å². The summed E-state index contributed by atoms with van der Waals surface area (Å²) in [5.41, 5.74) is 7.15. The number of aromatic nitrogens is 4. The first-order valence-electron chi connectivity index (χ1n) is 4.77. The Kier molecular flexibility index (Phi) is 2.15. The topological polar surface area (TPSA) is 99.8 Å². The average Bonchev–Trinajstić information content (AvgIpc) is 2.85. The number of anilines is 1. The highest BCUT2D eigenvalue weighted by atomic mass is 32.1. The maximum absolute atomic E-state index is 11.6. The van der Waals surface area contributed by atoms with Crippen LogP contribution < -0.4 is 11.5 Å². The third-order valence-corrected chi connectivity index (χ3v) is 2.91. The lowest BCUT2D eigenvalue weighted by atomic mass is 10.4. The van der Waals surface area contributed by atoms with Gasteiger partial charge in [-0.05, 0) is 12.1 Å². The van der Waals surface area contributed by atoms with E-state index in [-0.39, 0.29) is 6.54 Å². The third kappa shape index (κ3) is 1.58. The van der Waals surface area contributed by atoms with Crippen LogP contribution in [-0.2, 0) is 6.54 Å². The molecular weight excluding hydrogens is 242 g/mol. The van der Waals surface area contributed by atoms with Gasteiger partial charge in [-0.25, -0.2) is 9.78 Å². The molecule has 0 saturated carbocycles. The molecule has 0 saturated heterocycles.